The van der Waals surface area contributed by atoms with Crippen molar-refractivity contribution >= 4 is 28.4 Å². The molecule has 10 heavy (non-hydrogen) atoms. The SMILES string of the molecule is O=[N+]([O-])c1cccc(I)n1. The Morgan fingerprint density at radius 2 is 2.30 bits per heavy atom. The topological polar surface area (TPSA) is 56.0 Å². The lowest BCUT2D eigenvalue weighted by Gasteiger charge is -1.88. The molecule has 0 unspecified atom stereocenters. The van der Waals surface area contributed by atoms with Crippen LogP contribution >= 0.6 is 22.6 Å². The Morgan fingerprint density at radius 1 is 1.60 bits per heavy atom. The van der Waals surface area contributed by atoms with Gasteiger partial charge in [-0.1, -0.05) is 0 Å². The number of pyridine rings is 1. The van der Waals surface area contributed by atoms with Gasteiger partial charge in [-0.2, -0.15) is 0 Å². The molecule has 1 heterocycles. The Labute approximate surface area is 70.6 Å². The first-order valence-electron chi connectivity index (χ1n) is 2.47. The Bertz CT molecular complexity index is 264. The van der Waals surface area contributed by atoms with E-state index in [9.17, 15) is 10.1 Å². The lowest BCUT2D eigenvalue weighted by Crippen LogP contribution is -1.91. The van der Waals surface area contributed by atoms with Crippen molar-refractivity contribution in [2.45, 2.75) is 0 Å². The van der Waals surface area contributed by atoms with Crippen molar-refractivity contribution in [3.8, 4) is 0 Å². The second-order valence-corrected chi connectivity index (χ2v) is 2.68. The summed E-state index contributed by atoms with van der Waals surface area (Å²) in [5.74, 6) is -0.105. The molecule has 0 aliphatic heterocycles. The van der Waals surface area contributed by atoms with Crippen molar-refractivity contribution in [1.29, 1.82) is 0 Å². The quantitative estimate of drug-likeness (QED) is 0.329. The molecule has 5 heteroatoms. The van der Waals surface area contributed by atoms with Crippen molar-refractivity contribution in [1.82, 2.24) is 4.98 Å². The summed E-state index contributed by atoms with van der Waals surface area (Å²) in [6, 6.07) is 4.67. The first-order valence-corrected chi connectivity index (χ1v) is 3.55. The second-order valence-electron chi connectivity index (χ2n) is 1.58. The van der Waals surface area contributed by atoms with Crippen molar-refractivity contribution in [2.24, 2.45) is 0 Å². The van der Waals surface area contributed by atoms with Gasteiger partial charge >= 0.3 is 5.82 Å². The summed E-state index contributed by atoms with van der Waals surface area (Å²) in [4.78, 5) is 13.2. The van der Waals surface area contributed by atoms with E-state index in [2.05, 4.69) is 4.98 Å². The number of hydrogen-bond donors (Lipinski definition) is 0. The van der Waals surface area contributed by atoms with Gasteiger partial charge in [0.05, 0.1) is 0 Å². The van der Waals surface area contributed by atoms with E-state index in [0.717, 1.165) is 0 Å². The highest BCUT2D eigenvalue weighted by atomic mass is 127. The minimum absolute atomic E-state index is 0.105. The predicted molar refractivity (Wildman–Crippen MR) is 43.6 cm³/mol. The molecular weight excluding hydrogens is 247 g/mol. The molecule has 0 saturated heterocycles. The number of nitro groups is 1. The van der Waals surface area contributed by atoms with Gasteiger partial charge in [0.1, 0.15) is 0 Å². The Morgan fingerprint density at radius 3 is 2.70 bits per heavy atom. The highest BCUT2D eigenvalue weighted by molar-refractivity contribution is 14.1. The van der Waals surface area contributed by atoms with Crippen LogP contribution in [-0.2, 0) is 0 Å². The number of halogens is 1. The number of hydrogen-bond acceptors (Lipinski definition) is 3. The van der Waals surface area contributed by atoms with E-state index in [1.165, 1.54) is 6.07 Å². The summed E-state index contributed by atoms with van der Waals surface area (Å²) >= 11 is 1.92. The maximum atomic E-state index is 10.1. The van der Waals surface area contributed by atoms with Gasteiger partial charge in [0.2, 0.25) is 3.70 Å². The van der Waals surface area contributed by atoms with Gasteiger partial charge in [0.15, 0.2) is 0 Å². The van der Waals surface area contributed by atoms with Crippen molar-refractivity contribution in [3.63, 3.8) is 0 Å². The summed E-state index contributed by atoms with van der Waals surface area (Å²) in [6.07, 6.45) is 0. The van der Waals surface area contributed by atoms with Gasteiger partial charge in [-0.15, -0.1) is 0 Å². The average Bonchev–Trinajstić information content (AvgIpc) is 1.88. The molecule has 1 aromatic heterocycles. The zero-order valence-corrected chi connectivity index (χ0v) is 6.98. The fourth-order valence-electron chi connectivity index (χ4n) is 0.499. The molecule has 0 radical (unpaired) electrons. The smallest absolute Gasteiger partial charge is 0.358 e. The minimum Gasteiger partial charge on any atom is -0.358 e. The molecule has 52 valence electrons. The third kappa shape index (κ3) is 1.63. The van der Waals surface area contributed by atoms with E-state index in [-0.39, 0.29) is 5.82 Å². The van der Waals surface area contributed by atoms with Gasteiger partial charge in [0, 0.05) is 28.7 Å². The van der Waals surface area contributed by atoms with E-state index < -0.39 is 4.92 Å². The highest BCUT2D eigenvalue weighted by Gasteiger charge is 2.05. The largest absolute Gasteiger partial charge is 0.364 e. The van der Waals surface area contributed by atoms with Gasteiger partial charge in [-0.25, -0.2) is 0 Å². The van der Waals surface area contributed by atoms with Crippen LogP contribution in [0.3, 0.4) is 0 Å². The first-order chi connectivity index (χ1) is 4.70. The molecule has 0 fully saturated rings. The van der Waals surface area contributed by atoms with Gasteiger partial charge in [0.25, 0.3) is 0 Å². The molecule has 0 aliphatic rings. The molecule has 0 amide bonds. The fraction of sp³-hybridized carbons (Fsp3) is 0. The van der Waals surface area contributed by atoms with Gasteiger partial charge in [-0.3, -0.25) is 0 Å². The monoisotopic (exact) mass is 250 g/mol. The zero-order valence-electron chi connectivity index (χ0n) is 4.82. The standard InChI is InChI=1S/C5H3IN2O2/c6-4-2-1-3-5(7-4)8(9)10/h1-3H. The van der Waals surface area contributed by atoms with Crippen LogP contribution in [-0.4, -0.2) is 9.91 Å². The summed E-state index contributed by atoms with van der Waals surface area (Å²) in [5, 5.41) is 10.1. The average molecular weight is 250 g/mol. The second kappa shape index (κ2) is 2.91. The normalized spacial score (nSPS) is 9.30. The van der Waals surface area contributed by atoms with Crippen molar-refractivity contribution < 1.29 is 4.92 Å². The van der Waals surface area contributed by atoms with E-state index in [1.807, 2.05) is 22.6 Å². The van der Waals surface area contributed by atoms with Crippen LogP contribution in [0.5, 0.6) is 0 Å². The first kappa shape index (κ1) is 7.39. The maximum Gasteiger partial charge on any atom is 0.364 e. The molecule has 0 saturated carbocycles. The summed E-state index contributed by atoms with van der Waals surface area (Å²) < 4.78 is 0.631. The van der Waals surface area contributed by atoms with E-state index in [0.29, 0.717) is 3.70 Å². The fourth-order valence-corrected chi connectivity index (χ4v) is 0.954. The molecule has 0 aromatic carbocycles. The van der Waals surface area contributed by atoms with Gasteiger partial charge < -0.3 is 10.1 Å². The number of rotatable bonds is 1. The number of nitrogens with zero attached hydrogens (tertiary/aromatic N) is 2. The van der Waals surface area contributed by atoms with E-state index in [1.54, 1.807) is 12.1 Å². The zero-order chi connectivity index (χ0) is 7.56. The summed E-state index contributed by atoms with van der Waals surface area (Å²) in [6.45, 7) is 0. The molecule has 0 atom stereocenters. The molecule has 1 aromatic rings. The Kier molecular flexibility index (Phi) is 2.15. The molecule has 1 rings (SSSR count). The number of aromatic nitrogens is 1. The van der Waals surface area contributed by atoms with Gasteiger partial charge in [-0.05, 0) is 22.0 Å². The summed E-state index contributed by atoms with van der Waals surface area (Å²) in [7, 11) is 0. The summed E-state index contributed by atoms with van der Waals surface area (Å²) in [5.41, 5.74) is 0. The van der Waals surface area contributed by atoms with Crippen molar-refractivity contribution in [2.75, 3.05) is 0 Å². The van der Waals surface area contributed by atoms with Crippen LogP contribution in [0, 0.1) is 13.8 Å². The molecule has 0 aliphatic carbocycles. The molecule has 0 bridgehead atoms. The van der Waals surface area contributed by atoms with Crippen LogP contribution in [0.2, 0.25) is 0 Å². The Balaban J connectivity index is 3.07. The Hall–Kier alpha value is -0.720. The third-order valence-electron chi connectivity index (χ3n) is 0.887. The van der Waals surface area contributed by atoms with Crippen LogP contribution in [0.25, 0.3) is 0 Å². The molecule has 0 spiro atoms. The van der Waals surface area contributed by atoms with Crippen molar-refractivity contribution in [3.05, 3.63) is 32.0 Å². The van der Waals surface area contributed by atoms with E-state index in [4.69, 9.17) is 0 Å². The lowest BCUT2D eigenvalue weighted by molar-refractivity contribution is -0.389. The van der Waals surface area contributed by atoms with E-state index >= 15 is 0 Å². The van der Waals surface area contributed by atoms with Crippen LogP contribution in [0.1, 0.15) is 0 Å². The predicted octanol–water partition coefficient (Wildman–Crippen LogP) is 1.59. The molecule has 4 nitrogen and oxygen atoms in total. The highest BCUT2D eigenvalue weighted by Crippen LogP contribution is 2.08. The maximum absolute atomic E-state index is 10.1. The third-order valence-corrected chi connectivity index (χ3v) is 1.49. The molecule has 0 N–H and O–H groups in total. The lowest BCUT2D eigenvalue weighted by atomic mass is 10.5. The van der Waals surface area contributed by atoms with Crippen LogP contribution in [0.4, 0.5) is 5.82 Å². The minimum atomic E-state index is -0.512. The molecular formula is C5H3IN2O2. The van der Waals surface area contributed by atoms with Crippen LogP contribution in [0.15, 0.2) is 18.2 Å². The van der Waals surface area contributed by atoms with Crippen LogP contribution < -0.4 is 0 Å².